The molecule has 0 fully saturated rings. The molecule has 4 heteroatoms. The van der Waals surface area contributed by atoms with Crippen LogP contribution in [0.2, 0.25) is 0 Å². The number of aromatic hydroxyl groups is 1. The molecule has 0 saturated heterocycles. The summed E-state index contributed by atoms with van der Waals surface area (Å²) < 4.78 is 0.585. The zero-order valence-electron chi connectivity index (χ0n) is 9.54. The van der Waals surface area contributed by atoms with Crippen molar-refractivity contribution in [3.05, 3.63) is 27.7 Å². The first-order valence-electron chi connectivity index (χ1n) is 4.96. The van der Waals surface area contributed by atoms with Gasteiger partial charge in [0, 0.05) is 0 Å². The van der Waals surface area contributed by atoms with Gasteiger partial charge in [-0.3, -0.25) is 4.79 Å². The molecule has 0 amide bonds. The van der Waals surface area contributed by atoms with Crippen molar-refractivity contribution < 1.29 is 15.0 Å². The fourth-order valence-electron chi connectivity index (χ4n) is 1.39. The summed E-state index contributed by atoms with van der Waals surface area (Å²) >= 11 is 3.29. The maximum absolute atomic E-state index is 11.0. The third kappa shape index (κ3) is 2.55. The number of carboxylic acids is 1. The van der Waals surface area contributed by atoms with Gasteiger partial charge in [0.2, 0.25) is 0 Å². The van der Waals surface area contributed by atoms with Crippen LogP contribution in [0, 0.1) is 12.3 Å². The molecule has 0 heterocycles. The molecule has 0 spiro atoms. The maximum atomic E-state index is 11.0. The molecule has 0 unspecified atom stereocenters. The number of hydrogen-bond acceptors (Lipinski definition) is 2. The van der Waals surface area contributed by atoms with E-state index < -0.39 is 11.4 Å². The quantitative estimate of drug-likeness (QED) is 0.898. The monoisotopic (exact) mass is 286 g/mol. The Kier molecular flexibility index (Phi) is 3.63. The predicted molar refractivity (Wildman–Crippen MR) is 65.7 cm³/mol. The number of hydrogen-bond donors (Lipinski definition) is 2. The van der Waals surface area contributed by atoms with Gasteiger partial charge in [0.05, 0.1) is 9.89 Å². The molecule has 0 aliphatic carbocycles. The highest BCUT2D eigenvalue weighted by Gasteiger charge is 2.28. The van der Waals surface area contributed by atoms with Crippen molar-refractivity contribution in [2.45, 2.75) is 27.2 Å². The SMILES string of the molecule is Cc1ccc(CC(C)(C)C(=O)O)c(Br)c1O. The van der Waals surface area contributed by atoms with E-state index in [1.165, 1.54) is 0 Å². The zero-order valence-corrected chi connectivity index (χ0v) is 11.1. The van der Waals surface area contributed by atoms with E-state index in [2.05, 4.69) is 15.9 Å². The zero-order chi connectivity index (χ0) is 12.5. The number of carbonyl (C=O) groups is 1. The third-order valence-electron chi connectivity index (χ3n) is 2.61. The molecule has 0 saturated carbocycles. The fraction of sp³-hybridized carbons (Fsp3) is 0.417. The molecule has 88 valence electrons. The number of phenols is 1. The first-order chi connectivity index (χ1) is 7.25. The highest BCUT2D eigenvalue weighted by atomic mass is 79.9. The minimum atomic E-state index is -0.848. The first-order valence-corrected chi connectivity index (χ1v) is 5.75. The van der Waals surface area contributed by atoms with Crippen molar-refractivity contribution in [2.75, 3.05) is 0 Å². The van der Waals surface area contributed by atoms with E-state index in [0.717, 1.165) is 11.1 Å². The highest BCUT2D eigenvalue weighted by Crippen LogP contribution is 2.34. The van der Waals surface area contributed by atoms with Crippen LogP contribution in [0.15, 0.2) is 16.6 Å². The lowest BCUT2D eigenvalue weighted by Gasteiger charge is -2.20. The minimum absolute atomic E-state index is 0.179. The molecule has 1 rings (SSSR count). The molecule has 0 aromatic heterocycles. The largest absolute Gasteiger partial charge is 0.506 e. The van der Waals surface area contributed by atoms with Gasteiger partial charge in [0.15, 0.2) is 0 Å². The summed E-state index contributed by atoms with van der Waals surface area (Å²) in [6.45, 7) is 5.13. The highest BCUT2D eigenvalue weighted by molar-refractivity contribution is 9.10. The second-order valence-electron chi connectivity index (χ2n) is 4.57. The topological polar surface area (TPSA) is 57.5 Å². The van der Waals surface area contributed by atoms with Gasteiger partial charge in [-0.2, -0.15) is 0 Å². The lowest BCUT2D eigenvalue weighted by Crippen LogP contribution is -2.26. The summed E-state index contributed by atoms with van der Waals surface area (Å²) in [5, 5.41) is 18.8. The van der Waals surface area contributed by atoms with Crippen LogP contribution < -0.4 is 0 Å². The Labute approximate surface area is 103 Å². The molecule has 16 heavy (non-hydrogen) atoms. The second-order valence-corrected chi connectivity index (χ2v) is 5.36. The van der Waals surface area contributed by atoms with Gasteiger partial charge >= 0.3 is 5.97 Å². The second kappa shape index (κ2) is 4.45. The van der Waals surface area contributed by atoms with Crippen molar-refractivity contribution in [3.63, 3.8) is 0 Å². The molecule has 0 aliphatic heterocycles. The summed E-state index contributed by atoms with van der Waals surface area (Å²) in [7, 11) is 0. The molecule has 0 aliphatic rings. The number of aryl methyl sites for hydroxylation is 1. The number of aliphatic carboxylic acids is 1. The van der Waals surface area contributed by atoms with E-state index >= 15 is 0 Å². The standard InChI is InChI=1S/C12H15BrO3/c1-7-4-5-8(9(13)10(7)14)6-12(2,3)11(15)16/h4-5,14H,6H2,1-3H3,(H,15,16). The van der Waals surface area contributed by atoms with Crippen LogP contribution in [0.1, 0.15) is 25.0 Å². The Hall–Kier alpha value is -1.03. The van der Waals surface area contributed by atoms with E-state index in [0.29, 0.717) is 10.9 Å². The van der Waals surface area contributed by atoms with Gasteiger partial charge in [-0.1, -0.05) is 12.1 Å². The lowest BCUT2D eigenvalue weighted by molar-refractivity contribution is -0.146. The molecule has 1 aromatic rings. The van der Waals surface area contributed by atoms with Crippen LogP contribution in [0.5, 0.6) is 5.75 Å². The number of halogens is 1. The van der Waals surface area contributed by atoms with Crippen LogP contribution in [0.4, 0.5) is 0 Å². The van der Waals surface area contributed by atoms with Gasteiger partial charge in [-0.05, 0) is 54.2 Å². The first kappa shape index (κ1) is 13.0. The van der Waals surface area contributed by atoms with Gasteiger partial charge in [0.1, 0.15) is 5.75 Å². The Morgan fingerprint density at radius 2 is 2.00 bits per heavy atom. The average molecular weight is 287 g/mol. The van der Waals surface area contributed by atoms with Crippen molar-refractivity contribution in [3.8, 4) is 5.75 Å². The molecule has 0 radical (unpaired) electrons. The van der Waals surface area contributed by atoms with E-state index in [-0.39, 0.29) is 5.75 Å². The van der Waals surface area contributed by atoms with Crippen LogP contribution in [-0.4, -0.2) is 16.2 Å². The summed E-state index contributed by atoms with van der Waals surface area (Å²) in [5.74, 6) is -0.668. The summed E-state index contributed by atoms with van der Waals surface area (Å²) in [5.41, 5.74) is 0.726. The van der Waals surface area contributed by atoms with Gasteiger partial charge in [-0.25, -0.2) is 0 Å². The molecule has 0 bridgehead atoms. The number of benzene rings is 1. The summed E-state index contributed by atoms with van der Waals surface area (Å²) in [4.78, 5) is 11.0. The smallest absolute Gasteiger partial charge is 0.309 e. The molecule has 0 atom stereocenters. The number of rotatable bonds is 3. The van der Waals surface area contributed by atoms with Crippen LogP contribution in [-0.2, 0) is 11.2 Å². The van der Waals surface area contributed by atoms with Crippen molar-refractivity contribution >= 4 is 21.9 Å². The molecular formula is C12H15BrO3. The van der Waals surface area contributed by atoms with Crippen LogP contribution in [0.25, 0.3) is 0 Å². The van der Waals surface area contributed by atoms with E-state index in [1.54, 1.807) is 26.8 Å². The van der Waals surface area contributed by atoms with Gasteiger partial charge < -0.3 is 10.2 Å². The minimum Gasteiger partial charge on any atom is -0.506 e. The lowest BCUT2D eigenvalue weighted by atomic mass is 9.85. The Bertz CT molecular complexity index is 425. The van der Waals surface area contributed by atoms with E-state index in [4.69, 9.17) is 5.11 Å². The van der Waals surface area contributed by atoms with Gasteiger partial charge in [0.25, 0.3) is 0 Å². The molecule has 3 nitrogen and oxygen atoms in total. The number of carboxylic acid groups (broad SMARTS) is 1. The Balaban J connectivity index is 3.08. The molecule has 2 N–H and O–H groups in total. The van der Waals surface area contributed by atoms with Gasteiger partial charge in [-0.15, -0.1) is 0 Å². The van der Waals surface area contributed by atoms with Crippen molar-refractivity contribution in [1.82, 2.24) is 0 Å². The average Bonchev–Trinajstić information content (AvgIpc) is 2.19. The van der Waals surface area contributed by atoms with E-state index in [9.17, 15) is 9.90 Å². The van der Waals surface area contributed by atoms with Crippen LogP contribution in [0.3, 0.4) is 0 Å². The third-order valence-corrected chi connectivity index (χ3v) is 3.49. The number of phenolic OH excluding ortho intramolecular Hbond substituents is 1. The normalized spacial score (nSPS) is 11.5. The molecule has 1 aromatic carbocycles. The summed E-state index contributed by atoms with van der Waals surface area (Å²) in [6.07, 6.45) is 0.372. The predicted octanol–water partition coefficient (Wildman–Crippen LogP) is 3.12. The fourth-order valence-corrected chi connectivity index (χ4v) is 1.98. The van der Waals surface area contributed by atoms with Crippen molar-refractivity contribution in [1.29, 1.82) is 0 Å². The van der Waals surface area contributed by atoms with Crippen LogP contribution >= 0.6 is 15.9 Å². The summed E-state index contributed by atoms with van der Waals surface area (Å²) in [6, 6.07) is 3.62. The Morgan fingerprint density at radius 3 is 2.50 bits per heavy atom. The molecular weight excluding hydrogens is 272 g/mol. The van der Waals surface area contributed by atoms with Crippen molar-refractivity contribution in [2.24, 2.45) is 5.41 Å². The Morgan fingerprint density at radius 1 is 1.44 bits per heavy atom. The van der Waals surface area contributed by atoms with E-state index in [1.807, 2.05) is 6.07 Å². The maximum Gasteiger partial charge on any atom is 0.309 e.